The first kappa shape index (κ1) is 22.4. The van der Waals surface area contributed by atoms with E-state index in [1.807, 2.05) is 54.1 Å². The molecule has 34 heavy (non-hydrogen) atoms. The standard InChI is InChI=1S/C26H24BrN3O4/c1-16-13-19-14-18(5-8-21(19)34-16)24(31)22-23(17-3-6-20(27)7-4-17)30(26(33)25(22)32)11-2-10-29-12-9-28-15-29/h3-9,12,14-16,23,31H,2,10-11,13H2,1H3/b24-22+. The van der Waals surface area contributed by atoms with Gasteiger partial charge in [0.1, 0.15) is 17.6 Å². The molecule has 8 heteroatoms. The first-order chi connectivity index (χ1) is 16.4. The van der Waals surface area contributed by atoms with Gasteiger partial charge in [-0.3, -0.25) is 9.59 Å². The Balaban J connectivity index is 1.52. The Bertz CT molecular complexity index is 1270. The van der Waals surface area contributed by atoms with Crippen molar-refractivity contribution in [1.29, 1.82) is 0 Å². The number of rotatable bonds is 6. The third-order valence-corrected chi connectivity index (χ3v) is 6.80. The molecule has 1 saturated heterocycles. The Kier molecular flexibility index (Phi) is 6.00. The summed E-state index contributed by atoms with van der Waals surface area (Å²) < 4.78 is 8.58. The van der Waals surface area contributed by atoms with Gasteiger partial charge in [0.05, 0.1) is 17.9 Å². The lowest BCUT2D eigenvalue weighted by molar-refractivity contribution is -0.139. The van der Waals surface area contributed by atoms with Gasteiger partial charge in [-0.15, -0.1) is 0 Å². The number of ketones is 1. The monoisotopic (exact) mass is 521 g/mol. The van der Waals surface area contributed by atoms with Crippen LogP contribution in [-0.2, 0) is 22.6 Å². The molecule has 0 radical (unpaired) electrons. The summed E-state index contributed by atoms with van der Waals surface area (Å²) >= 11 is 3.44. The minimum atomic E-state index is -0.668. The van der Waals surface area contributed by atoms with E-state index in [9.17, 15) is 14.7 Å². The van der Waals surface area contributed by atoms with Crippen LogP contribution in [0.2, 0.25) is 0 Å². The summed E-state index contributed by atoms with van der Waals surface area (Å²) in [6.07, 6.45) is 6.73. The first-order valence-electron chi connectivity index (χ1n) is 11.2. The van der Waals surface area contributed by atoms with Gasteiger partial charge >= 0.3 is 0 Å². The number of likely N-dealkylation sites (tertiary alicyclic amines) is 1. The molecule has 7 nitrogen and oxygen atoms in total. The topological polar surface area (TPSA) is 84.7 Å². The van der Waals surface area contributed by atoms with Crippen molar-refractivity contribution in [1.82, 2.24) is 14.5 Å². The third kappa shape index (κ3) is 4.14. The predicted molar refractivity (Wildman–Crippen MR) is 130 cm³/mol. The second-order valence-electron chi connectivity index (χ2n) is 8.65. The van der Waals surface area contributed by atoms with Crippen LogP contribution in [0.3, 0.4) is 0 Å². The van der Waals surface area contributed by atoms with Gasteiger partial charge in [0.2, 0.25) is 0 Å². The van der Waals surface area contributed by atoms with Crippen LogP contribution in [0, 0.1) is 0 Å². The number of fused-ring (bicyclic) bond motifs is 1. The number of carbonyl (C=O) groups excluding carboxylic acids is 2. The summed E-state index contributed by atoms with van der Waals surface area (Å²) in [7, 11) is 0. The minimum absolute atomic E-state index is 0.0660. The fraction of sp³-hybridized carbons (Fsp3) is 0.269. The van der Waals surface area contributed by atoms with Crippen molar-refractivity contribution in [3.63, 3.8) is 0 Å². The van der Waals surface area contributed by atoms with Gasteiger partial charge in [-0.25, -0.2) is 4.98 Å². The molecular formula is C26H24BrN3O4. The van der Waals surface area contributed by atoms with Gasteiger partial charge in [-0.2, -0.15) is 0 Å². The van der Waals surface area contributed by atoms with Gasteiger partial charge in [0, 0.05) is 41.9 Å². The van der Waals surface area contributed by atoms with Gasteiger partial charge in [-0.1, -0.05) is 28.1 Å². The molecule has 2 unspecified atom stereocenters. The number of aliphatic hydroxyl groups is 1. The van der Waals surface area contributed by atoms with Crippen LogP contribution in [0.4, 0.5) is 0 Å². The Morgan fingerprint density at radius 3 is 2.71 bits per heavy atom. The Morgan fingerprint density at radius 1 is 1.18 bits per heavy atom. The van der Waals surface area contributed by atoms with Crippen LogP contribution in [0.1, 0.15) is 36.1 Å². The number of imidazole rings is 1. The van der Waals surface area contributed by atoms with E-state index in [-0.39, 0.29) is 17.4 Å². The highest BCUT2D eigenvalue weighted by Crippen LogP contribution is 2.41. The Morgan fingerprint density at radius 2 is 1.97 bits per heavy atom. The molecule has 2 aliphatic rings. The van der Waals surface area contributed by atoms with Crippen molar-refractivity contribution in [3.8, 4) is 5.75 Å². The lowest BCUT2D eigenvalue weighted by atomic mass is 9.94. The number of aliphatic hydroxyl groups excluding tert-OH is 1. The number of halogens is 1. The molecule has 0 saturated carbocycles. The second kappa shape index (κ2) is 9.10. The van der Waals surface area contributed by atoms with E-state index >= 15 is 0 Å². The fourth-order valence-corrected chi connectivity index (χ4v) is 4.93. The average molecular weight is 522 g/mol. The van der Waals surface area contributed by atoms with E-state index in [0.717, 1.165) is 27.8 Å². The predicted octanol–water partition coefficient (Wildman–Crippen LogP) is 4.48. The SMILES string of the molecule is CC1Cc2cc(/C(O)=C3\C(=O)C(=O)N(CCCn4ccnc4)C3c3ccc(Br)cc3)ccc2O1. The zero-order chi connectivity index (χ0) is 23.8. The molecular weight excluding hydrogens is 498 g/mol. The number of aryl methyl sites for hydroxylation is 1. The highest BCUT2D eigenvalue weighted by Gasteiger charge is 2.45. The van der Waals surface area contributed by atoms with Crippen LogP contribution < -0.4 is 4.74 Å². The van der Waals surface area contributed by atoms with Crippen molar-refractivity contribution in [3.05, 3.63) is 87.9 Å². The van der Waals surface area contributed by atoms with Gasteiger partial charge < -0.3 is 19.3 Å². The molecule has 1 fully saturated rings. The Hall–Kier alpha value is -3.39. The lowest BCUT2D eigenvalue weighted by Gasteiger charge is -2.25. The van der Waals surface area contributed by atoms with Crippen LogP contribution in [0.5, 0.6) is 5.75 Å². The van der Waals surface area contributed by atoms with Gasteiger partial charge in [0.25, 0.3) is 11.7 Å². The van der Waals surface area contributed by atoms with Crippen molar-refractivity contribution >= 4 is 33.4 Å². The summed E-state index contributed by atoms with van der Waals surface area (Å²) in [5.74, 6) is -0.643. The first-order valence-corrected chi connectivity index (χ1v) is 12.0. The molecule has 3 aromatic rings. The molecule has 2 aliphatic heterocycles. The van der Waals surface area contributed by atoms with Crippen molar-refractivity contribution in [2.24, 2.45) is 0 Å². The van der Waals surface area contributed by atoms with Crippen molar-refractivity contribution in [2.45, 2.75) is 38.5 Å². The van der Waals surface area contributed by atoms with E-state index in [2.05, 4.69) is 20.9 Å². The summed E-state index contributed by atoms with van der Waals surface area (Å²) in [5, 5.41) is 11.3. The van der Waals surface area contributed by atoms with Crippen LogP contribution in [0.15, 0.2) is 71.2 Å². The maximum Gasteiger partial charge on any atom is 0.295 e. The summed E-state index contributed by atoms with van der Waals surface area (Å²) in [4.78, 5) is 31.9. The largest absolute Gasteiger partial charge is 0.507 e. The molecule has 0 aliphatic carbocycles. The minimum Gasteiger partial charge on any atom is -0.507 e. The van der Waals surface area contributed by atoms with Crippen LogP contribution >= 0.6 is 15.9 Å². The zero-order valence-corrected chi connectivity index (χ0v) is 20.2. The second-order valence-corrected chi connectivity index (χ2v) is 9.57. The summed E-state index contributed by atoms with van der Waals surface area (Å²) in [6.45, 7) is 3.03. The molecule has 174 valence electrons. The number of aromatic nitrogens is 2. The van der Waals surface area contributed by atoms with Crippen molar-refractivity contribution in [2.75, 3.05) is 6.54 Å². The van der Waals surface area contributed by atoms with Gasteiger partial charge in [-0.05, 0) is 54.8 Å². The number of nitrogens with zero attached hydrogens (tertiary/aromatic N) is 3. The van der Waals surface area contributed by atoms with E-state index in [4.69, 9.17) is 4.74 Å². The molecule has 0 spiro atoms. The average Bonchev–Trinajstić information content (AvgIpc) is 3.53. The number of ether oxygens (including phenoxy) is 1. The maximum atomic E-state index is 13.2. The summed E-state index contributed by atoms with van der Waals surface area (Å²) in [6, 6.07) is 12.2. The quantitative estimate of drug-likeness (QED) is 0.293. The van der Waals surface area contributed by atoms with Gasteiger partial charge in [0.15, 0.2) is 0 Å². The number of benzene rings is 2. The number of Topliss-reactive ketones (excluding diaryl/α,β-unsaturated/α-hetero) is 1. The third-order valence-electron chi connectivity index (χ3n) is 6.27. The van der Waals surface area contributed by atoms with E-state index in [1.54, 1.807) is 23.5 Å². The number of hydrogen-bond donors (Lipinski definition) is 1. The molecule has 0 bridgehead atoms. The van der Waals surface area contributed by atoms with E-state index < -0.39 is 17.7 Å². The highest BCUT2D eigenvalue weighted by atomic mass is 79.9. The molecule has 2 aromatic carbocycles. The molecule has 3 heterocycles. The van der Waals surface area contributed by atoms with E-state index in [0.29, 0.717) is 25.1 Å². The lowest BCUT2D eigenvalue weighted by Crippen LogP contribution is -2.31. The van der Waals surface area contributed by atoms with E-state index in [1.165, 1.54) is 0 Å². The van der Waals surface area contributed by atoms with Crippen molar-refractivity contribution < 1.29 is 19.4 Å². The molecule has 1 amide bonds. The fourth-order valence-electron chi connectivity index (χ4n) is 4.67. The highest BCUT2D eigenvalue weighted by molar-refractivity contribution is 9.10. The normalized spacial score (nSPS) is 21.1. The number of hydrogen-bond acceptors (Lipinski definition) is 5. The molecule has 2 atom stereocenters. The summed E-state index contributed by atoms with van der Waals surface area (Å²) in [5.41, 5.74) is 2.37. The zero-order valence-electron chi connectivity index (χ0n) is 18.6. The van der Waals surface area contributed by atoms with Crippen LogP contribution in [-0.4, -0.2) is 43.9 Å². The number of carbonyl (C=O) groups is 2. The molecule has 1 N–H and O–H groups in total. The number of amides is 1. The Labute approximate surface area is 205 Å². The smallest absolute Gasteiger partial charge is 0.295 e. The maximum absolute atomic E-state index is 13.2. The molecule has 1 aromatic heterocycles. The van der Waals surface area contributed by atoms with Crippen LogP contribution in [0.25, 0.3) is 5.76 Å². The molecule has 5 rings (SSSR count).